The maximum absolute atomic E-state index is 12.3. The van der Waals surface area contributed by atoms with E-state index in [0.29, 0.717) is 16.3 Å². The highest BCUT2D eigenvalue weighted by atomic mass is 35.5. The number of methoxy groups -OCH3 is 1. The van der Waals surface area contributed by atoms with Crippen molar-refractivity contribution in [2.75, 3.05) is 12.4 Å². The molecule has 128 valence electrons. The number of hydrogen-bond donors (Lipinski definition) is 1. The van der Waals surface area contributed by atoms with Gasteiger partial charge in [0.1, 0.15) is 5.69 Å². The number of hydrogen-bond acceptors (Lipinski definition) is 5. The Kier molecular flexibility index (Phi) is 5.05. The van der Waals surface area contributed by atoms with E-state index in [9.17, 15) is 4.79 Å². The molecule has 0 atom stereocenters. The normalized spacial score (nSPS) is 10.5. The molecule has 1 heterocycles. The number of rotatable bonds is 5. The molecule has 0 spiro atoms. The number of nitrogens with one attached hydrogen (secondary N) is 1. The van der Waals surface area contributed by atoms with Gasteiger partial charge in [0.25, 0.3) is 0 Å². The predicted octanol–water partition coefficient (Wildman–Crippen LogP) is 5.09. The second kappa shape index (κ2) is 7.40. The quantitative estimate of drug-likeness (QED) is 0.645. The van der Waals surface area contributed by atoms with Crippen molar-refractivity contribution in [2.45, 2.75) is 13.3 Å². The van der Waals surface area contributed by atoms with Crippen molar-refractivity contribution in [2.24, 2.45) is 0 Å². The van der Waals surface area contributed by atoms with E-state index in [1.807, 2.05) is 24.3 Å². The fourth-order valence-corrected chi connectivity index (χ4v) is 2.55. The van der Waals surface area contributed by atoms with Gasteiger partial charge in [-0.15, -0.1) is 0 Å². The van der Waals surface area contributed by atoms with Gasteiger partial charge in [-0.25, -0.2) is 4.79 Å². The van der Waals surface area contributed by atoms with Gasteiger partial charge in [0.15, 0.2) is 5.56 Å². The van der Waals surface area contributed by atoms with E-state index in [2.05, 4.69) is 17.4 Å². The average molecular weight is 357 g/mol. The molecule has 0 aliphatic heterocycles. The number of benzene rings is 2. The maximum atomic E-state index is 12.3. The van der Waals surface area contributed by atoms with Crippen LogP contribution in [0.5, 0.6) is 0 Å². The topological polar surface area (TPSA) is 64.4 Å². The minimum atomic E-state index is -0.529. The van der Waals surface area contributed by atoms with E-state index < -0.39 is 5.97 Å². The summed E-state index contributed by atoms with van der Waals surface area (Å²) in [4.78, 5) is 12.3. The zero-order valence-electron chi connectivity index (χ0n) is 13.9. The van der Waals surface area contributed by atoms with E-state index in [-0.39, 0.29) is 11.4 Å². The number of carbonyl (C=O) groups excluding carboxylic acids is 1. The van der Waals surface area contributed by atoms with E-state index in [1.165, 1.54) is 12.7 Å². The zero-order chi connectivity index (χ0) is 17.8. The Balaban J connectivity index is 1.98. The molecule has 2 aromatic carbocycles. The second-order valence-corrected chi connectivity index (χ2v) is 5.85. The number of aryl methyl sites for hydroxylation is 1. The Morgan fingerprint density at radius 2 is 1.84 bits per heavy atom. The summed E-state index contributed by atoms with van der Waals surface area (Å²) < 4.78 is 10.3. The molecule has 0 aliphatic rings. The van der Waals surface area contributed by atoms with Crippen molar-refractivity contribution in [3.05, 3.63) is 64.7 Å². The van der Waals surface area contributed by atoms with E-state index in [4.69, 9.17) is 20.9 Å². The number of halogens is 1. The van der Waals surface area contributed by atoms with Crippen LogP contribution in [0.15, 0.2) is 53.1 Å². The van der Waals surface area contributed by atoms with Crippen molar-refractivity contribution in [3.63, 3.8) is 0 Å². The number of anilines is 2. The number of esters is 1. The molecule has 0 aliphatic carbocycles. The van der Waals surface area contributed by atoms with Crippen LogP contribution >= 0.6 is 11.6 Å². The Labute approximate surface area is 150 Å². The average Bonchev–Trinajstić information content (AvgIpc) is 3.06. The van der Waals surface area contributed by atoms with Gasteiger partial charge in [0.2, 0.25) is 5.88 Å². The first-order chi connectivity index (χ1) is 12.1. The molecule has 1 aromatic heterocycles. The monoisotopic (exact) mass is 356 g/mol. The standard InChI is InChI=1S/C19H17ClN2O3/c1-3-12-4-10-15(11-5-12)21-18-16(19(23)24-2)17(22-25-18)13-6-8-14(20)9-7-13/h4-11,21H,3H2,1-2H3. The predicted molar refractivity (Wildman–Crippen MR) is 97.4 cm³/mol. The molecule has 3 rings (SSSR count). The number of ether oxygens (including phenoxy) is 1. The molecule has 6 heteroatoms. The molecular weight excluding hydrogens is 340 g/mol. The minimum Gasteiger partial charge on any atom is -0.465 e. The summed E-state index contributed by atoms with van der Waals surface area (Å²) in [5, 5.41) is 7.72. The summed E-state index contributed by atoms with van der Waals surface area (Å²) in [5.41, 5.74) is 3.36. The summed E-state index contributed by atoms with van der Waals surface area (Å²) in [6.07, 6.45) is 0.955. The third-order valence-corrected chi connectivity index (χ3v) is 4.07. The first-order valence-electron chi connectivity index (χ1n) is 7.82. The lowest BCUT2D eigenvalue weighted by atomic mass is 10.1. The van der Waals surface area contributed by atoms with E-state index >= 15 is 0 Å². The van der Waals surface area contributed by atoms with Gasteiger partial charge >= 0.3 is 5.97 Å². The van der Waals surface area contributed by atoms with Gasteiger partial charge in [0.05, 0.1) is 7.11 Å². The Bertz CT molecular complexity index is 871. The van der Waals surface area contributed by atoms with Crippen LogP contribution in [0.4, 0.5) is 11.6 Å². The van der Waals surface area contributed by atoms with Crippen LogP contribution in [-0.4, -0.2) is 18.2 Å². The van der Waals surface area contributed by atoms with Crippen LogP contribution in [0.3, 0.4) is 0 Å². The van der Waals surface area contributed by atoms with Gasteiger partial charge in [-0.3, -0.25) is 0 Å². The fourth-order valence-electron chi connectivity index (χ4n) is 2.43. The number of nitrogens with zero attached hydrogens (tertiary/aromatic N) is 1. The summed E-state index contributed by atoms with van der Waals surface area (Å²) in [5.74, 6) is -0.292. The number of aromatic nitrogens is 1. The Morgan fingerprint density at radius 1 is 1.16 bits per heavy atom. The Morgan fingerprint density at radius 3 is 2.44 bits per heavy atom. The lowest BCUT2D eigenvalue weighted by Crippen LogP contribution is -2.05. The zero-order valence-corrected chi connectivity index (χ0v) is 14.6. The SMILES string of the molecule is CCc1ccc(Nc2onc(-c3ccc(Cl)cc3)c2C(=O)OC)cc1. The third-order valence-electron chi connectivity index (χ3n) is 3.82. The molecule has 0 amide bonds. The van der Waals surface area contributed by atoms with Crippen LogP contribution in [0.2, 0.25) is 5.02 Å². The lowest BCUT2D eigenvalue weighted by Gasteiger charge is -2.06. The highest BCUT2D eigenvalue weighted by molar-refractivity contribution is 6.30. The minimum absolute atomic E-state index is 0.237. The van der Waals surface area contributed by atoms with Crippen molar-refractivity contribution >= 4 is 29.1 Å². The molecule has 0 bridgehead atoms. The fraction of sp³-hybridized carbons (Fsp3) is 0.158. The molecule has 25 heavy (non-hydrogen) atoms. The Hall–Kier alpha value is -2.79. The first kappa shape index (κ1) is 17.0. The summed E-state index contributed by atoms with van der Waals surface area (Å²) in [6.45, 7) is 2.09. The maximum Gasteiger partial charge on any atom is 0.345 e. The van der Waals surface area contributed by atoms with Gasteiger partial charge in [-0.2, -0.15) is 0 Å². The highest BCUT2D eigenvalue weighted by Gasteiger charge is 2.25. The molecule has 5 nitrogen and oxygen atoms in total. The molecular formula is C19H17ClN2O3. The summed E-state index contributed by atoms with van der Waals surface area (Å²) >= 11 is 5.92. The first-order valence-corrected chi connectivity index (χ1v) is 8.20. The molecule has 0 saturated heterocycles. The van der Waals surface area contributed by atoms with E-state index in [1.54, 1.807) is 24.3 Å². The van der Waals surface area contributed by atoms with Crippen molar-refractivity contribution in [3.8, 4) is 11.3 Å². The van der Waals surface area contributed by atoms with Gasteiger partial charge in [-0.05, 0) is 36.2 Å². The number of carbonyl (C=O) groups is 1. The van der Waals surface area contributed by atoms with Gasteiger partial charge in [0, 0.05) is 16.3 Å². The van der Waals surface area contributed by atoms with Crippen LogP contribution < -0.4 is 5.32 Å². The third kappa shape index (κ3) is 3.67. The van der Waals surface area contributed by atoms with Gasteiger partial charge < -0.3 is 14.6 Å². The molecule has 3 aromatic rings. The highest BCUT2D eigenvalue weighted by Crippen LogP contribution is 2.32. The van der Waals surface area contributed by atoms with Crippen molar-refractivity contribution < 1.29 is 14.1 Å². The van der Waals surface area contributed by atoms with Gasteiger partial charge in [-0.1, -0.05) is 47.9 Å². The lowest BCUT2D eigenvalue weighted by molar-refractivity contribution is 0.0602. The van der Waals surface area contributed by atoms with Crippen LogP contribution in [0.25, 0.3) is 11.3 Å². The molecule has 0 radical (unpaired) electrons. The van der Waals surface area contributed by atoms with E-state index in [0.717, 1.165) is 12.1 Å². The molecule has 1 N–H and O–H groups in total. The van der Waals surface area contributed by atoms with Crippen molar-refractivity contribution in [1.29, 1.82) is 0 Å². The van der Waals surface area contributed by atoms with Crippen LogP contribution in [0, 0.1) is 0 Å². The molecule has 0 unspecified atom stereocenters. The largest absolute Gasteiger partial charge is 0.465 e. The second-order valence-electron chi connectivity index (χ2n) is 5.41. The van der Waals surface area contributed by atoms with Crippen LogP contribution in [0.1, 0.15) is 22.8 Å². The summed E-state index contributed by atoms with van der Waals surface area (Å²) in [7, 11) is 1.32. The smallest absolute Gasteiger partial charge is 0.345 e. The summed E-state index contributed by atoms with van der Waals surface area (Å²) in [6, 6.07) is 14.9. The molecule has 0 fully saturated rings. The molecule has 0 saturated carbocycles. The van der Waals surface area contributed by atoms with Crippen molar-refractivity contribution in [1.82, 2.24) is 5.16 Å². The van der Waals surface area contributed by atoms with Crippen LogP contribution in [-0.2, 0) is 11.2 Å².